The molecule has 7 nitrogen and oxygen atoms in total. The molecule has 1 aromatic heterocycles. The minimum Gasteiger partial charge on any atom is -0.399 e. The van der Waals surface area contributed by atoms with Gasteiger partial charge < -0.3 is 20.7 Å². The third-order valence-corrected chi connectivity index (χ3v) is 5.98. The zero-order valence-corrected chi connectivity index (χ0v) is 19.7. The number of nitrogens with zero attached hydrogens (tertiary/aromatic N) is 3. The zero-order valence-electron chi connectivity index (χ0n) is 19.7. The van der Waals surface area contributed by atoms with E-state index in [-0.39, 0.29) is 18.6 Å². The minimum atomic E-state index is 0.0208. The molecule has 7 heteroatoms. The molecule has 1 atom stereocenters. The molecule has 0 aliphatic carbocycles. The summed E-state index contributed by atoms with van der Waals surface area (Å²) in [5.41, 5.74) is 12.3. The highest BCUT2D eigenvalue weighted by atomic mass is 16.5. The second-order valence-electron chi connectivity index (χ2n) is 8.65. The molecule has 1 aliphatic rings. The molecule has 1 amide bonds. The Morgan fingerprint density at radius 3 is 2.73 bits per heavy atom. The second kappa shape index (κ2) is 9.58. The van der Waals surface area contributed by atoms with E-state index >= 15 is 0 Å². The van der Waals surface area contributed by atoms with Crippen molar-refractivity contribution < 1.29 is 9.53 Å². The number of anilines is 2. The number of carbonyl (C=O) groups is 1. The van der Waals surface area contributed by atoms with Gasteiger partial charge in [0.15, 0.2) is 0 Å². The van der Waals surface area contributed by atoms with Crippen molar-refractivity contribution >= 4 is 33.9 Å². The molecule has 0 unspecified atom stereocenters. The van der Waals surface area contributed by atoms with E-state index in [1.54, 1.807) is 7.11 Å². The van der Waals surface area contributed by atoms with Gasteiger partial charge in [0.1, 0.15) is 18.2 Å². The number of rotatable bonds is 6. The van der Waals surface area contributed by atoms with Crippen LogP contribution in [0.2, 0.25) is 0 Å². The molecule has 0 saturated heterocycles. The first-order valence-corrected chi connectivity index (χ1v) is 11.2. The molecular formula is C26H31N5O2. The summed E-state index contributed by atoms with van der Waals surface area (Å²) in [6.07, 6.45) is 2.92. The van der Waals surface area contributed by atoms with Gasteiger partial charge >= 0.3 is 0 Å². The molecule has 0 saturated carbocycles. The van der Waals surface area contributed by atoms with Crippen LogP contribution >= 0.6 is 0 Å². The number of nitrogens with one attached hydrogen (secondary N) is 1. The number of amides is 1. The SMILES string of the molecule is COCC(=O)N1CC=C(c2ccc3nc(C)nc(N[C@H](C)c4cc(C)cc(N)c4)c3c2)CC1. The minimum absolute atomic E-state index is 0.0208. The lowest BCUT2D eigenvalue weighted by atomic mass is 9.97. The van der Waals surface area contributed by atoms with E-state index in [4.69, 9.17) is 15.5 Å². The van der Waals surface area contributed by atoms with Crippen molar-refractivity contribution in [2.24, 2.45) is 0 Å². The van der Waals surface area contributed by atoms with Gasteiger partial charge in [0.05, 0.1) is 11.6 Å². The van der Waals surface area contributed by atoms with Gasteiger partial charge in [0.25, 0.3) is 0 Å². The van der Waals surface area contributed by atoms with Crippen molar-refractivity contribution in [2.45, 2.75) is 33.2 Å². The summed E-state index contributed by atoms with van der Waals surface area (Å²) in [6.45, 7) is 7.46. The molecule has 0 bridgehead atoms. The number of fused-ring (bicyclic) bond motifs is 1. The van der Waals surface area contributed by atoms with Crippen LogP contribution in [0.25, 0.3) is 16.5 Å². The Hall–Kier alpha value is -3.45. The summed E-state index contributed by atoms with van der Waals surface area (Å²) < 4.78 is 4.98. The monoisotopic (exact) mass is 445 g/mol. The Balaban J connectivity index is 1.63. The number of nitrogens with two attached hydrogens (primary N) is 1. The number of nitrogen functional groups attached to an aromatic ring is 1. The van der Waals surface area contributed by atoms with Crippen LogP contribution < -0.4 is 11.1 Å². The smallest absolute Gasteiger partial charge is 0.248 e. The zero-order chi connectivity index (χ0) is 23.5. The number of hydrogen-bond acceptors (Lipinski definition) is 6. The van der Waals surface area contributed by atoms with E-state index in [1.165, 1.54) is 5.57 Å². The van der Waals surface area contributed by atoms with Crippen LogP contribution in [-0.2, 0) is 9.53 Å². The van der Waals surface area contributed by atoms with Crippen molar-refractivity contribution in [3.8, 4) is 0 Å². The first kappa shape index (κ1) is 22.7. The van der Waals surface area contributed by atoms with Crippen LogP contribution in [0.15, 0.2) is 42.5 Å². The predicted octanol–water partition coefficient (Wildman–Crippen LogP) is 4.26. The number of benzene rings is 2. The normalized spacial score (nSPS) is 14.8. The van der Waals surface area contributed by atoms with E-state index in [0.717, 1.165) is 51.3 Å². The van der Waals surface area contributed by atoms with E-state index in [1.807, 2.05) is 36.9 Å². The molecule has 3 N–H and O–H groups in total. The molecular weight excluding hydrogens is 414 g/mol. The molecule has 0 fully saturated rings. The average Bonchev–Trinajstić information content (AvgIpc) is 2.78. The maximum Gasteiger partial charge on any atom is 0.248 e. The number of hydrogen-bond donors (Lipinski definition) is 2. The second-order valence-corrected chi connectivity index (χ2v) is 8.65. The molecule has 0 spiro atoms. The van der Waals surface area contributed by atoms with Crippen molar-refractivity contribution in [3.05, 3.63) is 65.0 Å². The van der Waals surface area contributed by atoms with Gasteiger partial charge in [-0.25, -0.2) is 9.97 Å². The van der Waals surface area contributed by atoms with Gasteiger partial charge in [-0.15, -0.1) is 0 Å². The average molecular weight is 446 g/mol. The van der Waals surface area contributed by atoms with Crippen LogP contribution in [0.4, 0.5) is 11.5 Å². The molecule has 0 radical (unpaired) electrons. The van der Waals surface area contributed by atoms with E-state index in [2.05, 4.69) is 41.5 Å². The molecule has 2 aromatic carbocycles. The number of carbonyl (C=O) groups excluding carboxylic acids is 1. The Morgan fingerprint density at radius 2 is 2.03 bits per heavy atom. The maximum absolute atomic E-state index is 12.1. The summed E-state index contributed by atoms with van der Waals surface area (Å²) in [4.78, 5) is 23.3. The maximum atomic E-state index is 12.1. The van der Waals surface area contributed by atoms with Gasteiger partial charge in [-0.1, -0.05) is 18.2 Å². The Kier molecular flexibility index (Phi) is 6.60. The Labute approximate surface area is 194 Å². The van der Waals surface area contributed by atoms with Crippen LogP contribution in [0.5, 0.6) is 0 Å². The highest BCUT2D eigenvalue weighted by Gasteiger charge is 2.19. The summed E-state index contributed by atoms with van der Waals surface area (Å²) >= 11 is 0. The third-order valence-electron chi connectivity index (χ3n) is 5.98. The van der Waals surface area contributed by atoms with E-state index in [9.17, 15) is 4.79 Å². The number of methoxy groups -OCH3 is 1. The lowest BCUT2D eigenvalue weighted by Gasteiger charge is -2.26. The predicted molar refractivity (Wildman–Crippen MR) is 133 cm³/mol. The summed E-state index contributed by atoms with van der Waals surface area (Å²) in [5.74, 6) is 1.55. The topological polar surface area (TPSA) is 93.4 Å². The van der Waals surface area contributed by atoms with Crippen LogP contribution in [0.1, 0.15) is 41.9 Å². The molecule has 1 aliphatic heterocycles. The lowest BCUT2D eigenvalue weighted by Crippen LogP contribution is -2.36. The van der Waals surface area contributed by atoms with Crippen LogP contribution in [0.3, 0.4) is 0 Å². The molecule has 4 rings (SSSR count). The molecule has 2 heterocycles. The fourth-order valence-corrected chi connectivity index (χ4v) is 4.31. The van der Waals surface area contributed by atoms with Crippen molar-refractivity contribution in [1.82, 2.24) is 14.9 Å². The standard InChI is InChI=1S/C26H31N5O2/c1-16-11-21(13-22(27)12-16)17(2)28-26-23-14-20(5-6-24(23)29-18(3)30-26)19-7-9-31(10-8-19)25(32)15-33-4/h5-7,11-14,17H,8-10,15,27H2,1-4H3,(H,28,29,30)/t17-/m1/s1. The quantitative estimate of drug-likeness (QED) is 0.551. The number of aryl methyl sites for hydroxylation is 2. The van der Waals surface area contributed by atoms with Crippen LogP contribution in [-0.4, -0.2) is 47.6 Å². The summed E-state index contributed by atoms with van der Waals surface area (Å²) in [6, 6.07) is 12.4. The van der Waals surface area contributed by atoms with E-state index in [0.29, 0.717) is 13.1 Å². The van der Waals surface area contributed by atoms with Gasteiger partial charge in [-0.05, 0) is 73.7 Å². The number of aromatic nitrogens is 2. The van der Waals surface area contributed by atoms with Gasteiger partial charge in [-0.3, -0.25) is 4.79 Å². The summed E-state index contributed by atoms with van der Waals surface area (Å²) in [5, 5.41) is 4.55. The highest BCUT2D eigenvalue weighted by Crippen LogP contribution is 2.30. The third kappa shape index (κ3) is 5.14. The Bertz CT molecular complexity index is 1200. The molecule has 3 aromatic rings. The fourth-order valence-electron chi connectivity index (χ4n) is 4.31. The number of ether oxygens (including phenoxy) is 1. The van der Waals surface area contributed by atoms with Crippen molar-refractivity contribution in [1.29, 1.82) is 0 Å². The van der Waals surface area contributed by atoms with Gasteiger partial charge in [0.2, 0.25) is 5.91 Å². The van der Waals surface area contributed by atoms with Crippen molar-refractivity contribution in [3.63, 3.8) is 0 Å². The largest absolute Gasteiger partial charge is 0.399 e. The Morgan fingerprint density at radius 1 is 1.21 bits per heavy atom. The van der Waals surface area contributed by atoms with E-state index < -0.39 is 0 Å². The van der Waals surface area contributed by atoms with Gasteiger partial charge in [0, 0.05) is 31.3 Å². The van der Waals surface area contributed by atoms with Gasteiger partial charge in [-0.2, -0.15) is 0 Å². The first-order chi connectivity index (χ1) is 15.8. The van der Waals surface area contributed by atoms with Crippen molar-refractivity contribution in [2.75, 3.05) is 37.9 Å². The molecule has 33 heavy (non-hydrogen) atoms. The lowest BCUT2D eigenvalue weighted by molar-refractivity contribution is -0.134. The van der Waals surface area contributed by atoms with Crippen LogP contribution in [0, 0.1) is 13.8 Å². The first-order valence-electron chi connectivity index (χ1n) is 11.2. The summed E-state index contributed by atoms with van der Waals surface area (Å²) in [7, 11) is 1.54. The highest BCUT2D eigenvalue weighted by molar-refractivity contribution is 5.92. The fraction of sp³-hybridized carbons (Fsp3) is 0.346. The molecule has 172 valence electrons.